The van der Waals surface area contributed by atoms with E-state index in [9.17, 15) is 18.0 Å². The van der Waals surface area contributed by atoms with E-state index in [0.717, 1.165) is 12.1 Å². The predicted octanol–water partition coefficient (Wildman–Crippen LogP) is 2.57. The highest BCUT2D eigenvalue weighted by molar-refractivity contribution is 5.91. The molecule has 0 unspecified atom stereocenters. The molecule has 0 saturated carbocycles. The monoisotopic (exact) mass is 270 g/mol. The second kappa shape index (κ2) is 4.77. The van der Waals surface area contributed by atoms with Crippen LogP contribution in [0.2, 0.25) is 0 Å². The number of nitrogens with two attached hydrogens (primary N) is 1. The zero-order valence-corrected chi connectivity index (χ0v) is 9.49. The van der Waals surface area contributed by atoms with E-state index in [2.05, 4.69) is 0 Å². The Morgan fingerprint density at radius 1 is 1.21 bits per heavy atom. The second-order valence-corrected chi connectivity index (χ2v) is 3.72. The van der Waals surface area contributed by atoms with Crippen molar-refractivity contribution in [1.29, 1.82) is 0 Å². The molecule has 4 nitrogen and oxygen atoms in total. The summed E-state index contributed by atoms with van der Waals surface area (Å²) in [6, 6.07) is 7.36. The van der Waals surface area contributed by atoms with Gasteiger partial charge in [-0.05, 0) is 24.3 Å². The van der Waals surface area contributed by atoms with Crippen LogP contribution in [0.25, 0.3) is 11.3 Å². The molecule has 0 aliphatic heterocycles. The Labute approximate surface area is 106 Å². The van der Waals surface area contributed by atoms with Crippen molar-refractivity contribution in [2.75, 3.05) is 0 Å². The molecule has 2 rings (SSSR count). The maximum Gasteiger partial charge on any atom is 0.416 e. The number of hydrogen-bond acceptors (Lipinski definition) is 3. The van der Waals surface area contributed by atoms with Gasteiger partial charge < -0.3 is 4.42 Å². The smallest absolute Gasteiger partial charge is 0.416 e. The molecular formula is C12H9F3N2O2. The Hall–Kier alpha value is -2.28. The summed E-state index contributed by atoms with van der Waals surface area (Å²) in [5.74, 6) is 4.35. The molecule has 0 radical (unpaired) electrons. The van der Waals surface area contributed by atoms with Crippen LogP contribution in [0.4, 0.5) is 13.2 Å². The topological polar surface area (TPSA) is 68.3 Å². The normalized spacial score (nSPS) is 11.4. The molecule has 0 bridgehead atoms. The molecule has 1 heterocycles. The molecule has 3 N–H and O–H groups in total. The first-order chi connectivity index (χ1) is 8.91. The van der Waals surface area contributed by atoms with Crippen molar-refractivity contribution < 1.29 is 22.4 Å². The van der Waals surface area contributed by atoms with Crippen LogP contribution in [0.5, 0.6) is 0 Å². The standard InChI is InChI=1S/C12H9F3N2O2/c13-12(14,15)8-3-1-2-7(6-8)9-4-5-10(19-9)11(18)17-16/h1-6H,16H2,(H,17,18). The largest absolute Gasteiger partial charge is 0.451 e. The first-order valence-corrected chi connectivity index (χ1v) is 5.20. The van der Waals surface area contributed by atoms with Gasteiger partial charge in [0.25, 0.3) is 0 Å². The number of alkyl halides is 3. The molecule has 2 aromatic rings. The lowest BCUT2D eigenvalue weighted by atomic mass is 10.1. The molecule has 0 aliphatic rings. The summed E-state index contributed by atoms with van der Waals surface area (Å²) >= 11 is 0. The van der Waals surface area contributed by atoms with Gasteiger partial charge in [0.2, 0.25) is 0 Å². The van der Waals surface area contributed by atoms with Gasteiger partial charge in [-0.25, -0.2) is 5.84 Å². The zero-order valence-electron chi connectivity index (χ0n) is 9.49. The first-order valence-electron chi connectivity index (χ1n) is 5.20. The lowest BCUT2D eigenvalue weighted by molar-refractivity contribution is -0.137. The van der Waals surface area contributed by atoms with Gasteiger partial charge in [0, 0.05) is 5.56 Å². The van der Waals surface area contributed by atoms with Crippen molar-refractivity contribution in [3.05, 3.63) is 47.7 Å². The van der Waals surface area contributed by atoms with E-state index >= 15 is 0 Å². The minimum atomic E-state index is -4.43. The van der Waals surface area contributed by atoms with Gasteiger partial charge in [0.15, 0.2) is 5.76 Å². The number of nitrogen functional groups attached to an aromatic ring is 1. The summed E-state index contributed by atoms with van der Waals surface area (Å²) in [4.78, 5) is 11.2. The number of nitrogens with one attached hydrogen (secondary N) is 1. The highest BCUT2D eigenvalue weighted by Crippen LogP contribution is 2.32. The maximum absolute atomic E-state index is 12.6. The number of halogens is 3. The van der Waals surface area contributed by atoms with Gasteiger partial charge in [-0.15, -0.1) is 0 Å². The van der Waals surface area contributed by atoms with Crippen LogP contribution in [0.15, 0.2) is 40.8 Å². The SMILES string of the molecule is NNC(=O)c1ccc(-c2cccc(C(F)(F)F)c2)o1. The number of rotatable bonds is 2. The van der Waals surface area contributed by atoms with Crippen LogP contribution in [-0.4, -0.2) is 5.91 Å². The fourth-order valence-electron chi connectivity index (χ4n) is 1.53. The van der Waals surface area contributed by atoms with Gasteiger partial charge in [0.1, 0.15) is 5.76 Å². The number of furan rings is 1. The molecule has 1 aromatic heterocycles. The number of amides is 1. The number of hydrazine groups is 1. The van der Waals surface area contributed by atoms with Gasteiger partial charge >= 0.3 is 12.1 Å². The lowest BCUT2D eigenvalue weighted by Gasteiger charge is -2.07. The average Bonchev–Trinajstić information content (AvgIpc) is 2.86. The van der Waals surface area contributed by atoms with Crippen molar-refractivity contribution in [3.8, 4) is 11.3 Å². The Bertz CT molecular complexity index is 605. The Balaban J connectivity index is 2.37. The molecule has 0 saturated heterocycles. The molecule has 0 fully saturated rings. The van der Waals surface area contributed by atoms with Crippen LogP contribution >= 0.6 is 0 Å². The predicted molar refractivity (Wildman–Crippen MR) is 60.8 cm³/mol. The van der Waals surface area contributed by atoms with E-state index in [0.29, 0.717) is 0 Å². The number of benzene rings is 1. The third-order valence-electron chi connectivity index (χ3n) is 2.44. The fourth-order valence-corrected chi connectivity index (χ4v) is 1.53. The third-order valence-corrected chi connectivity index (χ3v) is 2.44. The number of carbonyl (C=O) groups excluding carboxylic acids is 1. The summed E-state index contributed by atoms with van der Waals surface area (Å²) in [5.41, 5.74) is 1.31. The summed E-state index contributed by atoms with van der Waals surface area (Å²) in [6.45, 7) is 0. The fraction of sp³-hybridized carbons (Fsp3) is 0.0833. The summed E-state index contributed by atoms with van der Waals surface area (Å²) < 4.78 is 42.8. The van der Waals surface area contributed by atoms with Crippen molar-refractivity contribution in [3.63, 3.8) is 0 Å². The maximum atomic E-state index is 12.6. The summed E-state index contributed by atoms with van der Waals surface area (Å²) in [5, 5.41) is 0. The molecule has 1 aromatic carbocycles. The third kappa shape index (κ3) is 2.76. The molecule has 7 heteroatoms. The molecule has 1 amide bonds. The Morgan fingerprint density at radius 2 is 1.95 bits per heavy atom. The highest BCUT2D eigenvalue weighted by Gasteiger charge is 2.30. The minimum absolute atomic E-state index is 0.0742. The van der Waals surface area contributed by atoms with Gasteiger partial charge in [0.05, 0.1) is 5.56 Å². The van der Waals surface area contributed by atoms with Crippen LogP contribution < -0.4 is 11.3 Å². The molecule has 0 spiro atoms. The van der Waals surface area contributed by atoms with Gasteiger partial charge in [-0.2, -0.15) is 13.2 Å². The van der Waals surface area contributed by atoms with Gasteiger partial charge in [-0.1, -0.05) is 12.1 Å². The quantitative estimate of drug-likeness (QED) is 0.500. The number of carbonyl (C=O) groups is 1. The molecule has 0 atom stereocenters. The van der Waals surface area contributed by atoms with E-state index in [1.807, 2.05) is 5.43 Å². The van der Waals surface area contributed by atoms with E-state index in [1.54, 1.807) is 0 Å². The zero-order chi connectivity index (χ0) is 14.0. The molecule has 19 heavy (non-hydrogen) atoms. The Kier molecular flexibility index (Phi) is 3.30. The number of hydrogen-bond donors (Lipinski definition) is 2. The summed E-state index contributed by atoms with van der Waals surface area (Å²) in [6.07, 6.45) is -4.43. The van der Waals surface area contributed by atoms with Crippen LogP contribution in [0, 0.1) is 0 Å². The highest BCUT2D eigenvalue weighted by atomic mass is 19.4. The lowest BCUT2D eigenvalue weighted by Crippen LogP contribution is -2.29. The average molecular weight is 270 g/mol. The minimum Gasteiger partial charge on any atom is -0.451 e. The van der Waals surface area contributed by atoms with E-state index in [1.165, 1.54) is 24.3 Å². The van der Waals surface area contributed by atoms with E-state index in [4.69, 9.17) is 10.3 Å². The van der Waals surface area contributed by atoms with Crippen molar-refractivity contribution in [2.45, 2.75) is 6.18 Å². The van der Waals surface area contributed by atoms with E-state index < -0.39 is 17.6 Å². The first kappa shape index (κ1) is 13.2. The van der Waals surface area contributed by atoms with Crippen LogP contribution in [-0.2, 0) is 6.18 Å². The second-order valence-electron chi connectivity index (χ2n) is 3.72. The van der Waals surface area contributed by atoms with Crippen LogP contribution in [0.1, 0.15) is 16.1 Å². The van der Waals surface area contributed by atoms with Crippen LogP contribution in [0.3, 0.4) is 0 Å². The van der Waals surface area contributed by atoms with Gasteiger partial charge in [-0.3, -0.25) is 10.2 Å². The van der Waals surface area contributed by atoms with Crippen molar-refractivity contribution >= 4 is 5.91 Å². The van der Waals surface area contributed by atoms with Crippen molar-refractivity contribution in [1.82, 2.24) is 5.43 Å². The van der Waals surface area contributed by atoms with E-state index in [-0.39, 0.29) is 17.1 Å². The molecular weight excluding hydrogens is 261 g/mol. The Morgan fingerprint density at radius 3 is 2.58 bits per heavy atom. The summed E-state index contributed by atoms with van der Waals surface area (Å²) in [7, 11) is 0. The van der Waals surface area contributed by atoms with Crippen molar-refractivity contribution in [2.24, 2.45) is 5.84 Å². The molecule has 0 aliphatic carbocycles. The molecule has 100 valence electrons.